The van der Waals surface area contributed by atoms with Gasteiger partial charge in [0.15, 0.2) is 0 Å². The molecule has 1 aliphatic rings. The van der Waals surface area contributed by atoms with Gasteiger partial charge in [0.25, 0.3) is 11.6 Å². The van der Waals surface area contributed by atoms with Crippen molar-refractivity contribution >= 4 is 17.3 Å². The predicted molar refractivity (Wildman–Crippen MR) is 83.2 cm³/mol. The molecule has 1 aromatic rings. The smallest absolute Gasteiger partial charge is 0.293 e. The van der Waals surface area contributed by atoms with E-state index in [4.69, 9.17) is 4.74 Å². The lowest BCUT2D eigenvalue weighted by atomic mass is 9.92. The second-order valence-electron chi connectivity index (χ2n) is 5.43. The minimum Gasteiger partial charge on any atom is -0.381 e. The number of carbonyl (C=O) groups excluding carboxylic acids is 1. The summed E-state index contributed by atoms with van der Waals surface area (Å²) in [4.78, 5) is 22.4. The van der Waals surface area contributed by atoms with Crippen LogP contribution in [0.15, 0.2) is 18.2 Å². The fraction of sp³-hybridized carbons (Fsp3) is 0.533. The lowest BCUT2D eigenvalue weighted by molar-refractivity contribution is -0.384. The van der Waals surface area contributed by atoms with Crippen molar-refractivity contribution in [2.24, 2.45) is 0 Å². The molecule has 1 aromatic carbocycles. The van der Waals surface area contributed by atoms with Crippen LogP contribution in [0.1, 0.15) is 36.0 Å². The maximum absolute atomic E-state index is 11.6. The average molecular weight is 307 g/mol. The van der Waals surface area contributed by atoms with Gasteiger partial charge in [0, 0.05) is 31.8 Å². The van der Waals surface area contributed by atoms with E-state index in [1.165, 1.54) is 13.1 Å². The van der Waals surface area contributed by atoms with Gasteiger partial charge in [-0.25, -0.2) is 0 Å². The molecule has 2 rings (SSSR count). The molecule has 22 heavy (non-hydrogen) atoms. The average Bonchev–Trinajstić information content (AvgIpc) is 2.54. The molecule has 0 bridgehead atoms. The summed E-state index contributed by atoms with van der Waals surface area (Å²) in [6.07, 6.45) is 4.02. The standard InChI is InChI=1S/C15H21N3O4/c1-16-15(19)10-6-7-13(14(8-10)18(20)21)17-11-4-3-5-12(9-11)22-2/h6-8,11-12,17H,3-5,9H2,1-2H3,(H,16,19). The lowest BCUT2D eigenvalue weighted by Gasteiger charge is -2.29. The second-order valence-corrected chi connectivity index (χ2v) is 5.43. The molecular formula is C15H21N3O4. The second kappa shape index (κ2) is 7.22. The minimum absolute atomic E-state index is 0.0827. The van der Waals surface area contributed by atoms with Crippen molar-refractivity contribution in [3.63, 3.8) is 0 Å². The van der Waals surface area contributed by atoms with E-state index in [9.17, 15) is 14.9 Å². The van der Waals surface area contributed by atoms with Crippen LogP contribution < -0.4 is 10.6 Å². The minimum atomic E-state index is -0.467. The number of hydrogen-bond acceptors (Lipinski definition) is 5. The van der Waals surface area contributed by atoms with Crippen LogP contribution in [-0.2, 0) is 4.74 Å². The highest BCUT2D eigenvalue weighted by atomic mass is 16.6. The van der Waals surface area contributed by atoms with Crippen LogP contribution in [0.2, 0.25) is 0 Å². The quantitative estimate of drug-likeness (QED) is 0.643. The summed E-state index contributed by atoms with van der Waals surface area (Å²) in [5, 5.41) is 16.9. The maximum Gasteiger partial charge on any atom is 0.293 e. The number of hydrogen-bond donors (Lipinski definition) is 2. The highest BCUT2D eigenvalue weighted by Gasteiger charge is 2.24. The predicted octanol–water partition coefficient (Wildman–Crippen LogP) is 2.32. The molecular weight excluding hydrogens is 286 g/mol. The molecule has 1 aliphatic carbocycles. The molecule has 0 heterocycles. The Hall–Kier alpha value is -2.15. The molecule has 0 saturated heterocycles. The Morgan fingerprint density at radius 2 is 2.18 bits per heavy atom. The number of nitro groups is 1. The zero-order valence-electron chi connectivity index (χ0n) is 12.8. The molecule has 1 fully saturated rings. The van der Waals surface area contributed by atoms with Gasteiger partial charge >= 0.3 is 0 Å². The zero-order chi connectivity index (χ0) is 16.1. The molecule has 0 aromatic heterocycles. The van der Waals surface area contributed by atoms with Crippen molar-refractivity contribution < 1.29 is 14.5 Å². The number of benzene rings is 1. The number of nitro benzene ring substituents is 1. The zero-order valence-corrected chi connectivity index (χ0v) is 12.8. The molecule has 1 saturated carbocycles. The summed E-state index contributed by atoms with van der Waals surface area (Å²) in [7, 11) is 3.18. The summed E-state index contributed by atoms with van der Waals surface area (Å²) in [6, 6.07) is 4.63. The van der Waals surface area contributed by atoms with Crippen LogP contribution in [-0.4, -0.2) is 37.1 Å². The first kappa shape index (κ1) is 16.2. The first-order valence-electron chi connectivity index (χ1n) is 7.35. The molecule has 0 radical (unpaired) electrons. The van der Waals surface area contributed by atoms with Gasteiger partial charge in [-0.2, -0.15) is 0 Å². The molecule has 0 aliphatic heterocycles. The summed E-state index contributed by atoms with van der Waals surface area (Å²) in [5.41, 5.74) is 0.637. The van der Waals surface area contributed by atoms with Crippen molar-refractivity contribution in [2.75, 3.05) is 19.5 Å². The largest absolute Gasteiger partial charge is 0.381 e. The number of nitrogens with zero attached hydrogens (tertiary/aromatic N) is 1. The fourth-order valence-corrected chi connectivity index (χ4v) is 2.80. The van der Waals surface area contributed by atoms with Gasteiger partial charge in [0.05, 0.1) is 11.0 Å². The number of rotatable bonds is 5. The van der Waals surface area contributed by atoms with Crippen LogP contribution >= 0.6 is 0 Å². The van der Waals surface area contributed by atoms with Gasteiger partial charge in [0.2, 0.25) is 0 Å². The van der Waals surface area contributed by atoms with Crippen LogP contribution in [0.3, 0.4) is 0 Å². The van der Waals surface area contributed by atoms with Crippen molar-refractivity contribution in [2.45, 2.75) is 37.8 Å². The molecule has 2 unspecified atom stereocenters. The Balaban J connectivity index is 2.19. The van der Waals surface area contributed by atoms with Crippen LogP contribution in [0, 0.1) is 10.1 Å². The first-order chi connectivity index (χ1) is 10.5. The number of carbonyl (C=O) groups is 1. The van der Waals surface area contributed by atoms with Gasteiger partial charge in [-0.05, 0) is 37.8 Å². The van der Waals surface area contributed by atoms with Gasteiger partial charge in [-0.1, -0.05) is 0 Å². The Kier molecular flexibility index (Phi) is 5.32. The molecule has 0 spiro atoms. The molecule has 1 amide bonds. The lowest BCUT2D eigenvalue weighted by Crippen LogP contribution is -2.31. The topological polar surface area (TPSA) is 93.5 Å². The summed E-state index contributed by atoms with van der Waals surface area (Å²) in [5.74, 6) is -0.341. The van der Waals surface area contributed by atoms with E-state index in [0.29, 0.717) is 5.69 Å². The maximum atomic E-state index is 11.6. The highest BCUT2D eigenvalue weighted by Crippen LogP contribution is 2.30. The van der Waals surface area contributed by atoms with Crippen molar-refractivity contribution in [1.82, 2.24) is 5.32 Å². The van der Waals surface area contributed by atoms with E-state index in [1.807, 2.05) is 0 Å². The third-order valence-electron chi connectivity index (χ3n) is 4.00. The van der Waals surface area contributed by atoms with Gasteiger partial charge in [0.1, 0.15) is 5.69 Å². The normalized spacial score (nSPS) is 21.2. The number of ether oxygens (including phenoxy) is 1. The highest BCUT2D eigenvalue weighted by molar-refractivity contribution is 5.95. The van der Waals surface area contributed by atoms with Gasteiger partial charge < -0.3 is 15.4 Å². The van der Waals surface area contributed by atoms with E-state index >= 15 is 0 Å². The number of methoxy groups -OCH3 is 1. The third kappa shape index (κ3) is 3.73. The van der Waals surface area contributed by atoms with Crippen molar-refractivity contribution in [3.05, 3.63) is 33.9 Å². The molecule has 7 heteroatoms. The molecule has 120 valence electrons. The van der Waals surface area contributed by atoms with E-state index in [0.717, 1.165) is 25.7 Å². The Bertz CT molecular complexity index is 562. The van der Waals surface area contributed by atoms with Gasteiger partial charge in [-0.3, -0.25) is 14.9 Å². The SMILES string of the molecule is CNC(=O)c1ccc(NC2CCCC(OC)C2)c([N+](=O)[O-])c1. The van der Waals surface area contributed by atoms with Crippen molar-refractivity contribution in [1.29, 1.82) is 0 Å². The third-order valence-corrected chi connectivity index (χ3v) is 4.00. The monoisotopic (exact) mass is 307 g/mol. The van der Waals surface area contributed by atoms with E-state index < -0.39 is 4.92 Å². The fourth-order valence-electron chi connectivity index (χ4n) is 2.80. The molecule has 7 nitrogen and oxygen atoms in total. The number of nitrogens with one attached hydrogen (secondary N) is 2. The Morgan fingerprint density at radius 1 is 1.41 bits per heavy atom. The Labute approximate surface area is 129 Å². The number of amides is 1. The Morgan fingerprint density at radius 3 is 2.82 bits per heavy atom. The van der Waals surface area contributed by atoms with Crippen molar-refractivity contribution in [3.8, 4) is 0 Å². The van der Waals surface area contributed by atoms with Crippen LogP contribution in [0.25, 0.3) is 0 Å². The van der Waals surface area contributed by atoms with Gasteiger partial charge in [-0.15, -0.1) is 0 Å². The van der Waals surface area contributed by atoms with Crippen LogP contribution in [0.4, 0.5) is 11.4 Å². The number of anilines is 1. The van der Waals surface area contributed by atoms with E-state index in [2.05, 4.69) is 10.6 Å². The first-order valence-corrected chi connectivity index (χ1v) is 7.35. The summed E-state index contributed by atoms with van der Waals surface area (Å²) in [6.45, 7) is 0. The summed E-state index contributed by atoms with van der Waals surface area (Å²) < 4.78 is 5.38. The van der Waals surface area contributed by atoms with E-state index in [-0.39, 0.29) is 29.3 Å². The molecule has 2 N–H and O–H groups in total. The summed E-state index contributed by atoms with van der Waals surface area (Å²) >= 11 is 0. The van der Waals surface area contributed by atoms with Crippen LogP contribution in [0.5, 0.6) is 0 Å². The molecule has 2 atom stereocenters. The van der Waals surface area contributed by atoms with E-state index in [1.54, 1.807) is 19.2 Å².